The zero-order chi connectivity index (χ0) is 16.5. The minimum atomic E-state index is -0.289. The summed E-state index contributed by atoms with van der Waals surface area (Å²) in [4.78, 5) is 11.8. The van der Waals surface area contributed by atoms with Gasteiger partial charge < -0.3 is 14.2 Å². The summed E-state index contributed by atoms with van der Waals surface area (Å²) in [6.45, 7) is 5.02. The first-order valence-corrected chi connectivity index (χ1v) is 7.75. The average molecular weight is 314 g/mol. The van der Waals surface area contributed by atoms with Gasteiger partial charge in [0.1, 0.15) is 18.1 Å². The Hall–Kier alpha value is -2.49. The second kappa shape index (κ2) is 8.83. The first kappa shape index (κ1) is 16.9. The van der Waals surface area contributed by atoms with Crippen LogP contribution in [0, 0.1) is 6.92 Å². The predicted octanol–water partition coefficient (Wildman–Crippen LogP) is 3.91. The van der Waals surface area contributed by atoms with Crippen molar-refractivity contribution in [1.29, 1.82) is 0 Å². The molecule has 0 bridgehead atoms. The quantitative estimate of drug-likeness (QED) is 0.693. The van der Waals surface area contributed by atoms with Gasteiger partial charge in [-0.05, 0) is 32.0 Å². The highest BCUT2D eigenvalue weighted by atomic mass is 16.5. The van der Waals surface area contributed by atoms with Crippen molar-refractivity contribution in [2.45, 2.75) is 26.9 Å². The molecule has 0 aliphatic carbocycles. The lowest BCUT2D eigenvalue weighted by Crippen LogP contribution is -2.10. The minimum Gasteiger partial charge on any atom is -0.493 e. The van der Waals surface area contributed by atoms with Gasteiger partial charge in [-0.15, -0.1) is 0 Å². The van der Waals surface area contributed by atoms with Gasteiger partial charge in [-0.1, -0.05) is 35.9 Å². The molecule has 0 amide bonds. The van der Waals surface area contributed by atoms with E-state index in [0.717, 1.165) is 17.1 Å². The second-order valence-corrected chi connectivity index (χ2v) is 5.11. The molecule has 0 N–H and O–H groups in total. The molecular weight excluding hydrogens is 292 g/mol. The molecule has 0 heterocycles. The van der Waals surface area contributed by atoms with E-state index in [1.807, 2.05) is 62.4 Å². The Morgan fingerprint density at radius 3 is 2.48 bits per heavy atom. The van der Waals surface area contributed by atoms with Gasteiger partial charge in [0.05, 0.1) is 19.6 Å². The van der Waals surface area contributed by atoms with Gasteiger partial charge in [0.25, 0.3) is 0 Å². The zero-order valence-electron chi connectivity index (χ0n) is 13.6. The molecule has 0 fully saturated rings. The summed E-state index contributed by atoms with van der Waals surface area (Å²) in [5.74, 6) is 1.22. The van der Waals surface area contributed by atoms with Crippen LogP contribution >= 0.6 is 0 Å². The fourth-order valence-electron chi connectivity index (χ4n) is 2.04. The van der Waals surface area contributed by atoms with Crippen LogP contribution in [0.2, 0.25) is 0 Å². The number of benzene rings is 2. The second-order valence-electron chi connectivity index (χ2n) is 5.11. The predicted molar refractivity (Wildman–Crippen MR) is 88.7 cm³/mol. The van der Waals surface area contributed by atoms with Crippen molar-refractivity contribution >= 4 is 5.97 Å². The van der Waals surface area contributed by atoms with Crippen molar-refractivity contribution < 1.29 is 19.0 Å². The number of carbonyl (C=O) groups is 1. The summed E-state index contributed by atoms with van der Waals surface area (Å²) in [6, 6.07) is 15.3. The van der Waals surface area contributed by atoms with Crippen molar-refractivity contribution in [1.82, 2.24) is 0 Å². The Labute approximate surface area is 137 Å². The average Bonchev–Trinajstić information content (AvgIpc) is 2.56. The van der Waals surface area contributed by atoms with Crippen LogP contribution in [-0.2, 0) is 16.1 Å². The van der Waals surface area contributed by atoms with E-state index in [1.54, 1.807) is 0 Å². The van der Waals surface area contributed by atoms with Gasteiger partial charge in [-0.2, -0.15) is 0 Å². The highest BCUT2D eigenvalue weighted by Crippen LogP contribution is 2.19. The number of esters is 1. The number of hydrogen-bond donors (Lipinski definition) is 0. The van der Waals surface area contributed by atoms with E-state index in [1.165, 1.54) is 5.56 Å². The van der Waals surface area contributed by atoms with Gasteiger partial charge in [-0.3, -0.25) is 4.79 Å². The summed E-state index contributed by atoms with van der Waals surface area (Å²) in [6.07, 6.45) is 0.213. The Kier molecular flexibility index (Phi) is 6.48. The van der Waals surface area contributed by atoms with Crippen molar-refractivity contribution in [3.63, 3.8) is 0 Å². The third kappa shape index (κ3) is 5.66. The van der Waals surface area contributed by atoms with Crippen molar-refractivity contribution in [3.05, 3.63) is 59.7 Å². The number of hydrogen-bond acceptors (Lipinski definition) is 4. The molecule has 0 aliphatic heterocycles. The van der Waals surface area contributed by atoms with E-state index in [0.29, 0.717) is 13.2 Å². The normalized spacial score (nSPS) is 10.2. The summed E-state index contributed by atoms with van der Waals surface area (Å²) in [5, 5.41) is 0. The first-order valence-electron chi connectivity index (χ1n) is 7.75. The summed E-state index contributed by atoms with van der Waals surface area (Å²) in [7, 11) is 0. The van der Waals surface area contributed by atoms with Crippen LogP contribution in [-0.4, -0.2) is 19.2 Å². The minimum absolute atomic E-state index is 0.208. The standard InChI is InChI=1S/C19H22O4/c1-3-21-18-7-5-4-6-16(18)14-23-19(20)12-13-22-17-10-8-15(2)9-11-17/h4-11H,3,12-14H2,1-2H3. The molecule has 2 aromatic rings. The number of carbonyl (C=O) groups excluding carboxylic acids is 1. The van der Waals surface area contributed by atoms with Gasteiger partial charge in [-0.25, -0.2) is 0 Å². The zero-order valence-corrected chi connectivity index (χ0v) is 13.6. The van der Waals surface area contributed by atoms with Gasteiger partial charge in [0.2, 0.25) is 0 Å². The molecule has 0 spiro atoms. The lowest BCUT2D eigenvalue weighted by molar-refractivity contribution is -0.145. The first-order chi connectivity index (χ1) is 11.2. The monoisotopic (exact) mass is 314 g/mol. The van der Waals surface area contributed by atoms with Crippen molar-refractivity contribution in [2.75, 3.05) is 13.2 Å². The van der Waals surface area contributed by atoms with E-state index in [-0.39, 0.29) is 19.0 Å². The molecule has 4 heteroatoms. The van der Waals surface area contributed by atoms with Crippen LogP contribution in [0.4, 0.5) is 0 Å². The molecule has 2 aromatic carbocycles. The molecule has 0 radical (unpaired) electrons. The van der Waals surface area contributed by atoms with Gasteiger partial charge >= 0.3 is 5.97 Å². The van der Waals surface area contributed by atoms with Crippen LogP contribution in [0.25, 0.3) is 0 Å². The molecule has 0 aromatic heterocycles. The molecule has 23 heavy (non-hydrogen) atoms. The van der Waals surface area contributed by atoms with Crippen LogP contribution in [0.15, 0.2) is 48.5 Å². The van der Waals surface area contributed by atoms with Crippen LogP contribution in [0.5, 0.6) is 11.5 Å². The SMILES string of the molecule is CCOc1ccccc1COC(=O)CCOc1ccc(C)cc1. The van der Waals surface area contributed by atoms with E-state index >= 15 is 0 Å². The Morgan fingerprint density at radius 2 is 1.74 bits per heavy atom. The molecule has 4 nitrogen and oxygen atoms in total. The highest BCUT2D eigenvalue weighted by molar-refractivity contribution is 5.69. The molecule has 0 aliphatic rings. The van der Waals surface area contributed by atoms with Crippen molar-refractivity contribution in [3.8, 4) is 11.5 Å². The number of aryl methyl sites for hydroxylation is 1. The number of ether oxygens (including phenoxy) is 3. The lowest BCUT2D eigenvalue weighted by atomic mass is 10.2. The fraction of sp³-hybridized carbons (Fsp3) is 0.316. The van der Waals surface area contributed by atoms with E-state index < -0.39 is 0 Å². The fourth-order valence-corrected chi connectivity index (χ4v) is 2.04. The Balaban J connectivity index is 1.74. The molecule has 0 saturated carbocycles. The summed E-state index contributed by atoms with van der Waals surface area (Å²) in [5.41, 5.74) is 2.03. The lowest BCUT2D eigenvalue weighted by Gasteiger charge is -2.11. The maximum Gasteiger partial charge on any atom is 0.309 e. The van der Waals surface area contributed by atoms with Crippen molar-refractivity contribution in [2.24, 2.45) is 0 Å². The third-order valence-electron chi connectivity index (χ3n) is 3.26. The number of rotatable bonds is 8. The summed E-state index contributed by atoms with van der Waals surface area (Å²) >= 11 is 0. The number of para-hydroxylation sites is 1. The van der Waals surface area contributed by atoms with E-state index in [9.17, 15) is 4.79 Å². The van der Waals surface area contributed by atoms with E-state index in [2.05, 4.69) is 0 Å². The smallest absolute Gasteiger partial charge is 0.309 e. The topological polar surface area (TPSA) is 44.8 Å². The molecular formula is C19H22O4. The molecule has 122 valence electrons. The molecule has 2 rings (SSSR count). The molecule has 0 atom stereocenters. The van der Waals surface area contributed by atoms with Gasteiger partial charge in [0, 0.05) is 5.56 Å². The molecule has 0 saturated heterocycles. The van der Waals surface area contributed by atoms with Crippen LogP contribution in [0.1, 0.15) is 24.5 Å². The van der Waals surface area contributed by atoms with Crippen LogP contribution < -0.4 is 9.47 Å². The highest BCUT2D eigenvalue weighted by Gasteiger charge is 2.07. The third-order valence-corrected chi connectivity index (χ3v) is 3.26. The maximum atomic E-state index is 11.8. The largest absolute Gasteiger partial charge is 0.493 e. The Morgan fingerprint density at radius 1 is 1.00 bits per heavy atom. The van der Waals surface area contributed by atoms with Crippen LogP contribution in [0.3, 0.4) is 0 Å². The maximum absolute atomic E-state index is 11.8. The van der Waals surface area contributed by atoms with Gasteiger partial charge in [0.15, 0.2) is 0 Å². The summed E-state index contributed by atoms with van der Waals surface area (Å²) < 4.78 is 16.3. The van der Waals surface area contributed by atoms with E-state index in [4.69, 9.17) is 14.2 Å². The Bertz CT molecular complexity index is 620. The molecule has 0 unspecified atom stereocenters.